The number of benzene rings is 1. The fourth-order valence-corrected chi connectivity index (χ4v) is 3.62. The van der Waals surface area contributed by atoms with E-state index in [0.29, 0.717) is 11.8 Å². The Morgan fingerprint density at radius 1 is 1.14 bits per heavy atom. The number of rotatable bonds is 6. The highest BCUT2D eigenvalue weighted by atomic mass is 16.2. The highest BCUT2D eigenvalue weighted by Crippen LogP contribution is 2.31. The number of aryl methyl sites for hydroxylation is 1. The van der Waals surface area contributed by atoms with Gasteiger partial charge in [0, 0.05) is 27.2 Å². The number of likely N-dealkylation sites (tertiary alicyclic amines) is 1. The van der Waals surface area contributed by atoms with Gasteiger partial charge in [0.1, 0.15) is 0 Å². The summed E-state index contributed by atoms with van der Waals surface area (Å²) in [5.74, 6) is 1.36. The van der Waals surface area contributed by atoms with Crippen LogP contribution in [0.5, 0.6) is 0 Å². The maximum atomic E-state index is 12.2. The summed E-state index contributed by atoms with van der Waals surface area (Å²) in [5.41, 5.74) is 1.42. The summed E-state index contributed by atoms with van der Waals surface area (Å²) in [6.07, 6.45) is 6.06. The van der Waals surface area contributed by atoms with Crippen molar-refractivity contribution in [3.63, 3.8) is 0 Å². The normalized spacial score (nSPS) is 21.1. The number of hydrogen-bond donors (Lipinski definition) is 0. The van der Waals surface area contributed by atoms with Crippen LogP contribution in [0.4, 0.5) is 4.79 Å². The Balaban J connectivity index is 1.86. The van der Waals surface area contributed by atoms with Crippen molar-refractivity contribution in [1.29, 1.82) is 0 Å². The standard InChI is InChI=1S/C19H30N2O/c1-4-9-17-14-21(19(22)20(2)3)15-18(17)13-8-12-16-10-6-5-7-11-16/h5-7,10-11,17-18H,4,8-9,12-15H2,1-3H3/t17-,18+/m0/s1. The lowest BCUT2D eigenvalue weighted by atomic mass is 9.87. The third-order valence-corrected chi connectivity index (χ3v) is 4.77. The van der Waals surface area contributed by atoms with Crippen LogP contribution in [0.1, 0.15) is 38.2 Å². The first-order valence-corrected chi connectivity index (χ1v) is 8.62. The minimum absolute atomic E-state index is 0.173. The van der Waals surface area contributed by atoms with Crippen LogP contribution in [0.2, 0.25) is 0 Å². The highest BCUT2D eigenvalue weighted by Gasteiger charge is 2.34. The predicted molar refractivity (Wildman–Crippen MR) is 91.9 cm³/mol. The largest absolute Gasteiger partial charge is 0.331 e. The fraction of sp³-hybridized carbons (Fsp3) is 0.632. The number of amides is 2. The van der Waals surface area contributed by atoms with Crippen LogP contribution in [-0.2, 0) is 6.42 Å². The monoisotopic (exact) mass is 302 g/mol. The molecule has 0 aliphatic carbocycles. The predicted octanol–water partition coefficient (Wildman–Crippen LogP) is 4.04. The van der Waals surface area contributed by atoms with Gasteiger partial charge in [-0.05, 0) is 43.1 Å². The van der Waals surface area contributed by atoms with Gasteiger partial charge in [-0.3, -0.25) is 0 Å². The minimum atomic E-state index is 0.173. The van der Waals surface area contributed by atoms with E-state index < -0.39 is 0 Å². The molecule has 0 saturated carbocycles. The third kappa shape index (κ3) is 4.49. The van der Waals surface area contributed by atoms with Gasteiger partial charge in [-0.1, -0.05) is 43.7 Å². The van der Waals surface area contributed by atoms with Crippen molar-refractivity contribution < 1.29 is 4.79 Å². The molecule has 0 spiro atoms. The van der Waals surface area contributed by atoms with Gasteiger partial charge in [-0.15, -0.1) is 0 Å². The lowest BCUT2D eigenvalue weighted by Gasteiger charge is -2.21. The zero-order valence-electron chi connectivity index (χ0n) is 14.3. The molecule has 0 bridgehead atoms. The quantitative estimate of drug-likeness (QED) is 0.778. The van der Waals surface area contributed by atoms with Gasteiger partial charge in [0.05, 0.1) is 0 Å². The molecule has 1 heterocycles. The zero-order valence-corrected chi connectivity index (χ0v) is 14.3. The van der Waals surface area contributed by atoms with E-state index >= 15 is 0 Å². The lowest BCUT2D eigenvalue weighted by molar-refractivity contribution is 0.179. The van der Waals surface area contributed by atoms with Crippen LogP contribution in [-0.4, -0.2) is 43.0 Å². The average molecular weight is 302 g/mol. The van der Waals surface area contributed by atoms with Crippen molar-refractivity contribution in [2.45, 2.75) is 39.0 Å². The number of carbonyl (C=O) groups is 1. The van der Waals surface area contributed by atoms with E-state index in [-0.39, 0.29) is 6.03 Å². The molecule has 1 aromatic rings. The molecule has 3 nitrogen and oxygen atoms in total. The SMILES string of the molecule is CCC[C@H]1CN(C(=O)N(C)C)C[C@H]1CCCc1ccccc1. The summed E-state index contributed by atoms with van der Waals surface area (Å²) < 4.78 is 0. The van der Waals surface area contributed by atoms with Crippen LogP contribution in [0, 0.1) is 11.8 Å². The summed E-state index contributed by atoms with van der Waals surface area (Å²) in [6, 6.07) is 10.9. The Morgan fingerprint density at radius 3 is 2.36 bits per heavy atom. The topological polar surface area (TPSA) is 23.6 Å². The maximum absolute atomic E-state index is 12.2. The molecule has 1 saturated heterocycles. The molecule has 2 atom stereocenters. The Morgan fingerprint density at radius 2 is 1.77 bits per heavy atom. The first-order chi connectivity index (χ1) is 10.6. The number of urea groups is 1. The molecule has 2 amide bonds. The van der Waals surface area contributed by atoms with Gasteiger partial charge < -0.3 is 9.80 Å². The van der Waals surface area contributed by atoms with Crippen molar-refractivity contribution in [2.75, 3.05) is 27.2 Å². The molecular weight excluding hydrogens is 272 g/mol. The number of hydrogen-bond acceptors (Lipinski definition) is 1. The lowest BCUT2D eigenvalue weighted by Crippen LogP contribution is -2.37. The second-order valence-electron chi connectivity index (χ2n) is 6.77. The van der Waals surface area contributed by atoms with E-state index in [0.717, 1.165) is 19.5 Å². The molecule has 3 heteroatoms. The molecule has 1 aromatic carbocycles. The summed E-state index contributed by atoms with van der Waals surface area (Å²) in [6.45, 7) is 4.13. The van der Waals surface area contributed by atoms with Crippen molar-refractivity contribution in [1.82, 2.24) is 9.80 Å². The number of carbonyl (C=O) groups excluding carboxylic acids is 1. The third-order valence-electron chi connectivity index (χ3n) is 4.77. The second kappa shape index (κ2) is 8.21. The summed E-state index contributed by atoms with van der Waals surface area (Å²) in [4.78, 5) is 15.9. The number of nitrogens with zero attached hydrogens (tertiary/aromatic N) is 2. The van der Waals surface area contributed by atoms with Gasteiger partial charge >= 0.3 is 6.03 Å². The average Bonchev–Trinajstić information content (AvgIpc) is 2.91. The van der Waals surface area contributed by atoms with Crippen LogP contribution in [0.3, 0.4) is 0 Å². The molecule has 1 aliphatic heterocycles. The molecule has 22 heavy (non-hydrogen) atoms. The first-order valence-electron chi connectivity index (χ1n) is 8.62. The van der Waals surface area contributed by atoms with Gasteiger partial charge in [-0.2, -0.15) is 0 Å². The zero-order chi connectivity index (χ0) is 15.9. The van der Waals surface area contributed by atoms with Crippen LogP contribution < -0.4 is 0 Å². The summed E-state index contributed by atoms with van der Waals surface area (Å²) in [7, 11) is 3.69. The minimum Gasteiger partial charge on any atom is -0.331 e. The van der Waals surface area contributed by atoms with E-state index in [1.165, 1.54) is 31.2 Å². The van der Waals surface area contributed by atoms with E-state index in [1.807, 2.05) is 19.0 Å². The molecular formula is C19H30N2O. The van der Waals surface area contributed by atoms with Gasteiger partial charge in [0.15, 0.2) is 0 Å². The van der Waals surface area contributed by atoms with E-state index in [1.54, 1.807) is 4.90 Å². The van der Waals surface area contributed by atoms with Gasteiger partial charge in [0.2, 0.25) is 0 Å². The molecule has 0 radical (unpaired) electrons. The van der Waals surface area contributed by atoms with Gasteiger partial charge in [0.25, 0.3) is 0 Å². The Kier molecular flexibility index (Phi) is 6.29. The van der Waals surface area contributed by atoms with E-state index in [2.05, 4.69) is 37.3 Å². The molecule has 2 rings (SSSR count). The maximum Gasteiger partial charge on any atom is 0.319 e. The van der Waals surface area contributed by atoms with E-state index in [9.17, 15) is 4.79 Å². The van der Waals surface area contributed by atoms with Crippen LogP contribution in [0.15, 0.2) is 30.3 Å². The molecule has 0 aromatic heterocycles. The fourth-order valence-electron chi connectivity index (χ4n) is 3.62. The molecule has 122 valence electrons. The molecule has 1 fully saturated rings. The first kappa shape index (κ1) is 16.9. The van der Waals surface area contributed by atoms with Crippen molar-refractivity contribution in [3.05, 3.63) is 35.9 Å². The Bertz CT molecular complexity index is 458. The van der Waals surface area contributed by atoms with Gasteiger partial charge in [-0.25, -0.2) is 4.79 Å². The van der Waals surface area contributed by atoms with Crippen molar-refractivity contribution >= 4 is 6.03 Å². The smallest absolute Gasteiger partial charge is 0.319 e. The second-order valence-corrected chi connectivity index (χ2v) is 6.77. The Hall–Kier alpha value is -1.51. The molecule has 0 unspecified atom stereocenters. The van der Waals surface area contributed by atoms with Crippen molar-refractivity contribution in [2.24, 2.45) is 11.8 Å². The highest BCUT2D eigenvalue weighted by molar-refractivity contribution is 5.74. The Labute approximate surface area is 135 Å². The van der Waals surface area contributed by atoms with E-state index in [4.69, 9.17) is 0 Å². The molecule has 1 aliphatic rings. The molecule has 0 N–H and O–H groups in total. The van der Waals surface area contributed by atoms with Crippen LogP contribution >= 0.6 is 0 Å². The van der Waals surface area contributed by atoms with Crippen molar-refractivity contribution in [3.8, 4) is 0 Å². The summed E-state index contributed by atoms with van der Waals surface area (Å²) >= 11 is 0. The summed E-state index contributed by atoms with van der Waals surface area (Å²) in [5, 5.41) is 0. The van der Waals surface area contributed by atoms with Crippen LogP contribution in [0.25, 0.3) is 0 Å².